The Hall–Kier alpha value is -2.19. The Morgan fingerprint density at radius 1 is 1.31 bits per heavy atom. The van der Waals surface area contributed by atoms with E-state index in [1.165, 1.54) is 6.08 Å². The van der Waals surface area contributed by atoms with E-state index in [0.717, 1.165) is 17.0 Å². The van der Waals surface area contributed by atoms with Crippen molar-refractivity contribution < 1.29 is 4.79 Å². The summed E-state index contributed by atoms with van der Waals surface area (Å²) in [5.74, 6) is 0. The number of H-pyrrole nitrogens is 1. The third-order valence-electron chi connectivity index (χ3n) is 2.26. The number of aliphatic imine (C=N–C) groups is 1. The topological polar surface area (TPSA) is 58.1 Å². The standard InChI is InChI=1S/C12H11N3O/c16-9-13-7-6-11-8-12(15-14-11)10-4-2-1-3-5-10/h1-5,8H,6-7H2,(H,14,15). The molecule has 1 N–H and O–H groups in total. The van der Waals surface area contributed by atoms with Gasteiger partial charge in [0.15, 0.2) is 0 Å². The van der Waals surface area contributed by atoms with E-state index in [9.17, 15) is 4.79 Å². The monoisotopic (exact) mass is 213 g/mol. The summed E-state index contributed by atoms with van der Waals surface area (Å²) < 4.78 is 0. The molecule has 0 saturated heterocycles. The predicted molar refractivity (Wildman–Crippen MR) is 60.7 cm³/mol. The van der Waals surface area contributed by atoms with Crippen molar-refractivity contribution in [3.05, 3.63) is 42.1 Å². The third-order valence-corrected chi connectivity index (χ3v) is 2.26. The van der Waals surface area contributed by atoms with Gasteiger partial charge in [-0.1, -0.05) is 30.3 Å². The number of isocyanates is 1. The highest BCUT2D eigenvalue weighted by atomic mass is 16.1. The van der Waals surface area contributed by atoms with Gasteiger partial charge >= 0.3 is 0 Å². The van der Waals surface area contributed by atoms with Crippen LogP contribution in [0.4, 0.5) is 0 Å². The van der Waals surface area contributed by atoms with Gasteiger partial charge in [-0.3, -0.25) is 5.10 Å². The van der Waals surface area contributed by atoms with Crippen molar-refractivity contribution in [2.24, 2.45) is 4.99 Å². The maximum atomic E-state index is 9.90. The molecule has 0 saturated carbocycles. The minimum Gasteiger partial charge on any atom is -0.282 e. The molecule has 1 aromatic carbocycles. The molecule has 0 amide bonds. The summed E-state index contributed by atoms with van der Waals surface area (Å²) >= 11 is 0. The number of hydrogen-bond acceptors (Lipinski definition) is 3. The molecular formula is C12H11N3O. The first-order chi connectivity index (χ1) is 7.90. The number of hydrogen-bond donors (Lipinski definition) is 1. The molecule has 0 unspecified atom stereocenters. The number of rotatable bonds is 4. The maximum absolute atomic E-state index is 9.90. The summed E-state index contributed by atoms with van der Waals surface area (Å²) in [4.78, 5) is 13.4. The Morgan fingerprint density at radius 2 is 2.12 bits per heavy atom. The average molecular weight is 213 g/mol. The summed E-state index contributed by atoms with van der Waals surface area (Å²) in [7, 11) is 0. The SMILES string of the molecule is O=C=NCCc1cc(-c2ccccc2)n[nH]1. The molecule has 0 bridgehead atoms. The maximum Gasteiger partial charge on any atom is 0.234 e. The van der Waals surface area contributed by atoms with Crippen LogP contribution in [0, 0.1) is 0 Å². The molecule has 0 fully saturated rings. The second-order valence-corrected chi connectivity index (χ2v) is 3.37. The van der Waals surface area contributed by atoms with Gasteiger partial charge in [0.05, 0.1) is 12.2 Å². The summed E-state index contributed by atoms with van der Waals surface area (Å²) in [6.07, 6.45) is 2.19. The van der Waals surface area contributed by atoms with E-state index < -0.39 is 0 Å². The van der Waals surface area contributed by atoms with E-state index in [4.69, 9.17) is 0 Å². The van der Waals surface area contributed by atoms with Crippen LogP contribution in [0.1, 0.15) is 5.69 Å². The molecule has 0 spiro atoms. The molecular weight excluding hydrogens is 202 g/mol. The van der Waals surface area contributed by atoms with E-state index in [2.05, 4.69) is 15.2 Å². The number of carbonyl (C=O) groups excluding carboxylic acids is 1. The van der Waals surface area contributed by atoms with Gasteiger partial charge in [-0.2, -0.15) is 5.10 Å². The Morgan fingerprint density at radius 3 is 2.88 bits per heavy atom. The van der Waals surface area contributed by atoms with Gasteiger partial charge in [0.25, 0.3) is 0 Å². The van der Waals surface area contributed by atoms with E-state index in [0.29, 0.717) is 13.0 Å². The first kappa shape index (κ1) is 10.3. The Kier molecular flexibility index (Phi) is 3.26. The van der Waals surface area contributed by atoms with Crippen molar-refractivity contribution in [3.63, 3.8) is 0 Å². The van der Waals surface area contributed by atoms with E-state index >= 15 is 0 Å². The van der Waals surface area contributed by atoms with Gasteiger partial charge in [0, 0.05) is 17.7 Å². The number of aromatic amines is 1. The van der Waals surface area contributed by atoms with Crippen LogP contribution in [0.25, 0.3) is 11.3 Å². The zero-order chi connectivity index (χ0) is 11.2. The normalized spacial score (nSPS) is 9.75. The van der Waals surface area contributed by atoms with E-state index in [1.807, 2.05) is 36.4 Å². The van der Waals surface area contributed by atoms with Gasteiger partial charge in [0.2, 0.25) is 6.08 Å². The van der Waals surface area contributed by atoms with Crippen LogP contribution in [0.3, 0.4) is 0 Å². The molecule has 0 aliphatic carbocycles. The Bertz CT molecular complexity index is 498. The van der Waals surface area contributed by atoms with E-state index in [1.54, 1.807) is 0 Å². The predicted octanol–water partition coefficient (Wildman–Crippen LogP) is 1.95. The van der Waals surface area contributed by atoms with Crippen molar-refractivity contribution in [3.8, 4) is 11.3 Å². The van der Waals surface area contributed by atoms with Crippen LogP contribution >= 0.6 is 0 Å². The minimum atomic E-state index is 0.444. The lowest BCUT2D eigenvalue weighted by atomic mass is 10.1. The van der Waals surface area contributed by atoms with Gasteiger partial charge in [-0.15, -0.1) is 0 Å². The number of nitrogens with one attached hydrogen (secondary N) is 1. The van der Waals surface area contributed by atoms with Crippen LogP contribution in [0.5, 0.6) is 0 Å². The first-order valence-corrected chi connectivity index (χ1v) is 5.03. The summed E-state index contributed by atoms with van der Waals surface area (Å²) in [5.41, 5.74) is 2.95. The summed E-state index contributed by atoms with van der Waals surface area (Å²) in [6, 6.07) is 11.9. The van der Waals surface area contributed by atoms with E-state index in [-0.39, 0.29) is 0 Å². The van der Waals surface area contributed by atoms with Gasteiger partial charge in [-0.05, 0) is 6.07 Å². The van der Waals surface area contributed by atoms with Gasteiger partial charge in [0.1, 0.15) is 0 Å². The number of aromatic nitrogens is 2. The largest absolute Gasteiger partial charge is 0.282 e. The van der Waals surface area contributed by atoms with Crippen molar-refractivity contribution in [1.29, 1.82) is 0 Å². The van der Waals surface area contributed by atoms with Crippen molar-refractivity contribution in [2.75, 3.05) is 6.54 Å². The van der Waals surface area contributed by atoms with Crippen LogP contribution in [0.15, 0.2) is 41.4 Å². The molecule has 2 aromatic rings. The van der Waals surface area contributed by atoms with Crippen molar-refractivity contribution in [2.45, 2.75) is 6.42 Å². The second-order valence-electron chi connectivity index (χ2n) is 3.37. The molecule has 1 aromatic heterocycles. The lowest BCUT2D eigenvalue weighted by Gasteiger charge is -1.92. The number of benzene rings is 1. The van der Waals surface area contributed by atoms with Gasteiger partial charge < -0.3 is 0 Å². The Balaban J connectivity index is 2.11. The quantitative estimate of drug-likeness (QED) is 0.623. The molecule has 2 rings (SSSR count). The van der Waals surface area contributed by atoms with Crippen molar-refractivity contribution in [1.82, 2.24) is 10.2 Å². The lowest BCUT2D eigenvalue weighted by Crippen LogP contribution is -1.88. The van der Waals surface area contributed by atoms with Crippen LogP contribution in [0.2, 0.25) is 0 Å². The second kappa shape index (κ2) is 5.05. The fourth-order valence-electron chi connectivity index (χ4n) is 1.47. The van der Waals surface area contributed by atoms with Gasteiger partial charge in [-0.25, -0.2) is 9.79 Å². The fourth-order valence-corrected chi connectivity index (χ4v) is 1.47. The zero-order valence-electron chi connectivity index (χ0n) is 8.68. The van der Waals surface area contributed by atoms with Crippen LogP contribution in [-0.4, -0.2) is 22.8 Å². The lowest BCUT2D eigenvalue weighted by molar-refractivity contribution is 0.563. The fraction of sp³-hybridized carbons (Fsp3) is 0.167. The number of nitrogens with zero attached hydrogens (tertiary/aromatic N) is 2. The molecule has 0 aliphatic heterocycles. The van der Waals surface area contributed by atoms with Crippen LogP contribution in [-0.2, 0) is 11.2 Å². The molecule has 4 heteroatoms. The molecule has 4 nitrogen and oxygen atoms in total. The molecule has 0 atom stereocenters. The average Bonchev–Trinajstić information content (AvgIpc) is 2.79. The first-order valence-electron chi connectivity index (χ1n) is 5.03. The zero-order valence-corrected chi connectivity index (χ0v) is 8.68. The molecule has 1 heterocycles. The highest BCUT2D eigenvalue weighted by Gasteiger charge is 2.02. The van der Waals surface area contributed by atoms with Crippen LogP contribution < -0.4 is 0 Å². The summed E-state index contributed by atoms with van der Waals surface area (Å²) in [6.45, 7) is 0.444. The molecule has 80 valence electrons. The molecule has 0 radical (unpaired) electrons. The Labute approximate surface area is 93.0 Å². The highest BCUT2D eigenvalue weighted by Crippen LogP contribution is 2.16. The highest BCUT2D eigenvalue weighted by molar-refractivity contribution is 5.58. The molecule has 0 aliphatic rings. The summed E-state index contributed by atoms with van der Waals surface area (Å²) in [5, 5.41) is 7.12. The molecule has 16 heavy (non-hydrogen) atoms. The smallest absolute Gasteiger partial charge is 0.234 e. The van der Waals surface area contributed by atoms with Crippen molar-refractivity contribution >= 4 is 6.08 Å². The minimum absolute atomic E-state index is 0.444. The third kappa shape index (κ3) is 2.43.